The van der Waals surface area contributed by atoms with Gasteiger partial charge in [-0.05, 0) is 30.9 Å². The fraction of sp³-hybridized carbons (Fsp3) is 0.455. The summed E-state index contributed by atoms with van der Waals surface area (Å²) in [4.78, 5) is 0. The predicted octanol–water partition coefficient (Wildman–Crippen LogP) is 2.37. The molecular weight excluding hydrogens is 162 g/mol. The van der Waals surface area contributed by atoms with Crippen LogP contribution < -0.4 is 10.5 Å². The number of benzene rings is 1. The topological polar surface area (TPSA) is 35.2 Å². The van der Waals surface area contributed by atoms with Gasteiger partial charge in [-0.15, -0.1) is 0 Å². The van der Waals surface area contributed by atoms with Gasteiger partial charge in [0.15, 0.2) is 0 Å². The molecule has 2 heteroatoms. The lowest BCUT2D eigenvalue weighted by molar-refractivity contribution is 0.303. The first kappa shape index (κ1) is 8.42. The number of hydrogen-bond donors (Lipinski definition) is 1. The van der Waals surface area contributed by atoms with Crippen LogP contribution in [0.15, 0.2) is 18.2 Å². The number of rotatable bonds is 3. The van der Waals surface area contributed by atoms with E-state index in [1.54, 1.807) is 0 Å². The van der Waals surface area contributed by atoms with E-state index in [1.807, 2.05) is 18.2 Å². The summed E-state index contributed by atoms with van der Waals surface area (Å²) in [5.74, 6) is 0.914. The molecule has 0 aromatic heterocycles. The van der Waals surface area contributed by atoms with Crippen molar-refractivity contribution >= 4 is 5.69 Å². The molecule has 1 saturated carbocycles. The van der Waals surface area contributed by atoms with Crippen molar-refractivity contribution < 1.29 is 4.74 Å². The minimum atomic E-state index is 0.451. The van der Waals surface area contributed by atoms with Crippen molar-refractivity contribution in [3.05, 3.63) is 23.8 Å². The number of nitrogen functional groups attached to an aromatic ring is 1. The summed E-state index contributed by atoms with van der Waals surface area (Å²) >= 11 is 0. The number of hydrogen-bond acceptors (Lipinski definition) is 2. The summed E-state index contributed by atoms with van der Waals surface area (Å²) < 4.78 is 5.63. The molecule has 0 saturated heterocycles. The maximum absolute atomic E-state index is 5.85. The van der Waals surface area contributed by atoms with Crippen LogP contribution >= 0.6 is 0 Å². The van der Waals surface area contributed by atoms with Gasteiger partial charge in [-0.25, -0.2) is 0 Å². The highest BCUT2D eigenvalue weighted by atomic mass is 16.5. The maximum atomic E-state index is 5.85. The van der Waals surface area contributed by atoms with Crippen LogP contribution in [0.2, 0.25) is 0 Å². The molecule has 0 aliphatic heterocycles. The molecule has 13 heavy (non-hydrogen) atoms. The molecule has 1 aliphatic carbocycles. The minimum absolute atomic E-state index is 0.451. The second-order valence-corrected chi connectivity index (χ2v) is 3.53. The van der Waals surface area contributed by atoms with Gasteiger partial charge in [-0.3, -0.25) is 0 Å². The maximum Gasteiger partial charge on any atom is 0.121 e. The zero-order chi connectivity index (χ0) is 9.26. The van der Waals surface area contributed by atoms with Crippen LogP contribution in [0.1, 0.15) is 25.3 Å². The van der Waals surface area contributed by atoms with E-state index >= 15 is 0 Å². The average Bonchev–Trinajstić information content (AvgIpc) is 2.89. The lowest BCUT2D eigenvalue weighted by Crippen LogP contribution is -1.98. The normalized spacial score (nSPS) is 15.8. The highest BCUT2D eigenvalue weighted by Gasteiger charge is 2.23. The van der Waals surface area contributed by atoms with Crippen molar-refractivity contribution in [3.8, 4) is 5.75 Å². The molecule has 1 aromatic rings. The fourth-order valence-corrected chi connectivity index (χ4v) is 1.35. The van der Waals surface area contributed by atoms with E-state index in [1.165, 1.54) is 18.4 Å². The van der Waals surface area contributed by atoms with Crippen LogP contribution in [-0.4, -0.2) is 6.10 Å². The van der Waals surface area contributed by atoms with Gasteiger partial charge in [0.1, 0.15) is 5.75 Å². The van der Waals surface area contributed by atoms with Gasteiger partial charge in [-0.2, -0.15) is 0 Å². The summed E-state index contributed by atoms with van der Waals surface area (Å²) in [6.45, 7) is 2.10. The Morgan fingerprint density at radius 3 is 2.77 bits per heavy atom. The Morgan fingerprint density at radius 1 is 1.46 bits per heavy atom. The van der Waals surface area contributed by atoms with Crippen LogP contribution in [0.3, 0.4) is 0 Å². The molecule has 2 rings (SSSR count). The molecule has 0 bridgehead atoms. The third-order valence-electron chi connectivity index (χ3n) is 2.33. The zero-order valence-electron chi connectivity index (χ0n) is 7.92. The first-order valence-corrected chi connectivity index (χ1v) is 4.84. The number of ether oxygens (including phenoxy) is 1. The minimum Gasteiger partial charge on any atom is -0.490 e. The van der Waals surface area contributed by atoms with Gasteiger partial charge in [0.25, 0.3) is 0 Å². The third kappa shape index (κ3) is 1.94. The molecule has 2 nitrogen and oxygen atoms in total. The molecule has 0 unspecified atom stereocenters. The Hall–Kier alpha value is -1.18. The average molecular weight is 177 g/mol. The van der Waals surface area contributed by atoms with Crippen molar-refractivity contribution in [3.63, 3.8) is 0 Å². The predicted molar refractivity (Wildman–Crippen MR) is 53.9 cm³/mol. The van der Waals surface area contributed by atoms with Crippen molar-refractivity contribution in [1.29, 1.82) is 0 Å². The summed E-state index contributed by atoms with van der Waals surface area (Å²) in [6, 6.07) is 5.98. The standard InChI is InChI=1S/C11H15NO/c1-2-8-3-4-10(7-11(8)12)13-9-5-6-9/h3-4,7,9H,2,5-6,12H2,1H3. The summed E-state index contributed by atoms with van der Waals surface area (Å²) in [5, 5.41) is 0. The SMILES string of the molecule is CCc1ccc(OC2CC2)cc1N. The quantitative estimate of drug-likeness (QED) is 0.719. The summed E-state index contributed by atoms with van der Waals surface area (Å²) in [5.41, 5.74) is 7.89. The number of aryl methyl sites for hydroxylation is 1. The second kappa shape index (κ2) is 3.29. The second-order valence-electron chi connectivity index (χ2n) is 3.53. The van der Waals surface area contributed by atoms with E-state index in [0.29, 0.717) is 6.10 Å². The molecule has 1 fully saturated rings. The first-order valence-electron chi connectivity index (χ1n) is 4.84. The molecule has 0 spiro atoms. The molecular formula is C11H15NO. The molecule has 0 amide bonds. The van der Waals surface area contributed by atoms with Crippen molar-refractivity contribution in [1.82, 2.24) is 0 Å². The van der Waals surface area contributed by atoms with Gasteiger partial charge in [0.2, 0.25) is 0 Å². The van der Waals surface area contributed by atoms with Crippen LogP contribution in [0, 0.1) is 0 Å². The van der Waals surface area contributed by atoms with Crippen LogP contribution in [0.4, 0.5) is 5.69 Å². The van der Waals surface area contributed by atoms with Gasteiger partial charge in [-0.1, -0.05) is 13.0 Å². The Bertz CT molecular complexity index is 305. The van der Waals surface area contributed by atoms with Gasteiger partial charge >= 0.3 is 0 Å². The van der Waals surface area contributed by atoms with E-state index in [-0.39, 0.29) is 0 Å². The molecule has 0 radical (unpaired) electrons. The zero-order valence-corrected chi connectivity index (χ0v) is 7.92. The Labute approximate surface area is 78.7 Å². The largest absolute Gasteiger partial charge is 0.490 e. The van der Waals surface area contributed by atoms with Crippen molar-refractivity contribution in [2.75, 3.05) is 5.73 Å². The molecule has 2 N–H and O–H groups in total. The van der Waals surface area contributed by atoms with Gasteiger partial charge in [0, 0.05) is 11.8 Å². The summed E-state index contributed by atoms with van der Waals surface area (Å²) in [7, 11) is 0. The highest BCUT2D eigenvalue weighted by Crippen LogP contribution is 2.28. The molecule has 1 aliphatic rings. The molecule has 1 aromatic carbocycles. The number of anilines is 1. The molecule has 0 atom stereocenters. The van der Waals surface area contributed by atoms with Crippen LogP contribution in [0.25, 0.3) is 0 Å². The molecule has 70 valence electrons. The highest BCUT2D eigenvalue weighted by molar-refractivity contribution is 5.51. The van der Waals surface area contributed by atoms with Crippen molar-refractivity contribution in [2.45, 2.75) is 32.3 Å². The van der Waals surface area contributed by atoms with E-state index in [2.05, 4.69) is 6.92 Å². The van der Waals surface area contributed by atoms with Crippen LogP contribution in [0.5, 0.6) is 5.75 Å². The number of nitrogens with two attached hydrogens (primary N) is 1. The molecule has 0 heterocycles. The van der Waals surface area contributed by atoms with E-state index < -0.39 is 0 Å². The third-order valence-corrected chi connectivity index (χ3v) is 2.33. The van der Waals surface area contributed by atoms with Crippen molar-refractivity contribution in [2.24, 2.45) is 0 Å². The van der Waals surface area contributed by atoms with E-state index in [9.17, 15) is 0 Å². The van der Waals surface area contributed by atoms with Gasteiger partial charge < -0.3 is 10.5 Å². The lowest BCUT2D eigenvalue weighted by Gasteiger charge is -2.07. The fourth-order valence-electron chi connectivity index (χ4n) is 1.35. The summed E-state index contributed by atoms with van der Waals surface area (Å²) in [6.07, 6.45) is 3.81. The monoisotopic (exact) mass is 177 g/mol. The smallest absolute Gasteiger partial charge is 0.121 e. The van der Waals surface area contributed by atoms with E-state index in [4.69, 9.17) is 10.5 Å². The Morgan fingerprint density at radius 2 is 2.23 bits per heavy atom. The van der Waals surface area contributed by atoms with Gasteiger partial charge in [0.05, 0.1) is 6.10 Å². The Balaban J connectivity index is 2.13. The lowest BCUT2D eigenvalue weighted by atomic mass is 10.1. The Kier molecular flexibility index (Phi) is 2.13. The first-order chi connectivity index (χ1) is 6.29. The van der Waals surface area contributed by atoms with E-state index in [0.717, 1.165) is 17.9 Å². The van der Waals surface area contributed by atoms with Crippen LogP contribution in [-0.2, 0) is 6.42 Å².